The van der Waals surface area contributed by atoms with E-state index < -0.39 is 0 Å². The van der Waals surface area contributed by atoms with Crippen molar-refractivity contribution in [2.45, 2.75) is 231 Å². The standard InChI is InChI=1S/C48H80Br2/c49-44-37-33-29-25-21-17-13-9-5-1-3-7-11-15-19-23-27-31-35-40-47-42-39-43-48(46-47)41-36-32-28-24-20-16-12-8-4-2-6-10-14-18-22-26-30-34-38-45-50/h39,42-43,46H,1-34,37-38,44-45H2. The summed E-state index contributed by atoms with van der Waals surface area (Å²) >= 11 is 7.05. The summed E-state index contributed by atoms with van der Waals surface area (Å²) < 4.78 is 0. The van der Waals surface area contributed by atoms with Crippen LogP contribution < -0.4 is 0 Å². The van der Waals surface area contributed by atoms with Crippen molar-refractivity contribution < 1.29 is 0 Å². The van der Waals surface area contributed by atoms with E-state index in [1.807, 2.05) is 0 Å². The van der Waals surface area contributed by atoms with Crippen molar-refractivity contribution in [1.29, 1.82) is 0 Å². The van der Waals surface area contributed by atoms with E-state index in [-0.39, 0.29) is 0 Å². The molecule has 0 heterocycles. The Morgan fingerprint density at radius 2 is 0.520 bits per heavy atom. The second-order valence-corrected chi connectivity index (χ2v) is 16.7. The third kappa shape index (κ3) is 35.7. The smallest absolute Gasteiger partial charge is 0.0257 e. The van der Waals surface area contributed by atoms with Crippen LogP contribution in [0, 0.1) is 23.7 Å². The minimum Gasteiger partial charge on any atom is -0.0979 e. The molecule has 0 radical (unpaired) electrons. The summed E-state index contributed by atoms with van der Waals surface area (Å²) in [6.45, 7) is 0. The minimum atomic E-state index is 1.02. The summed E-state index contributed by atoms with van der Waals surface area (Å²) in [5.74, 6) is 13.6. The molecule has 0 fully saturated rings. The Balaban J connectivity index is 1.89. The van der Waals surface area contributed by atoms with Gasteiger partial charge in [-0.25, -0.2) is 0 Å². The van der Waals surface area contributed by atoms with Crippen molar-refractivity contribution in [3.8, 4) is 23.7 Å². The van der Waals surface area contributed by atoms with Crippen molar-refractivity contribution >= 4 is 31.9 Å². The second-order valence-electron chi connectivity index (χ2n) is 15.1. The normalized spacial score (nSPS) is 10.9. The molecule has 1 rings (SSSR count). The van der Waals surface area contributed by atoms with E-state index in [9.17, 15) is 0 Å². The molecule has 0 nitrogen and oxygen atoms in total. The molecule has 286 valence electrons. The van der Waals surface area contributed by atoms with E-state index in [1.165, 1.54) is 229 Å². The van der Waals surface area contributed by atoms with Gasteiger partial charge < -0.3 is 0 Å². The first kappa shape index (κ1) is 47.3. The van der Waals surface area contributed by atoms with Gasteiger partial charge in [-0.3, -0.25) is 0 Å². The van der Waals surface area contributed by atoms with Gasteiger partial charge in [-0.05, 0) is 43.9 Å². The average molecular weight is 817 g/mol. The molecular weight excluding hydrogens is 736 g/mol. The molecule has 0 aliphatic rings. The van der Waals surface area contributed by atoms with E-state index in [4.69, 9.17) is 0 Å². The molecule has 0 aromatic heterocycles. The van der Waals surface area contributed by atoms with Gasteiger partial charge in [0.1, 0.15) is 0 Å². The molecule has 0 amide bonds. The Labute approximate surface area is 330 Å². The van der Waals surface area contributed by atoms with Crippen LogP contribution in [0.25, 0.3) is 0 Å². The number of benzene rings is 1. The summed E-state index contributed by atoms with van der Waals surface area (Å²) in [6, 6.07) is 8.53. The molecule has 0 spiro atoms. The molecule has 0 saturated carbocycles. The van der Waals surface area contributed by atoms with Crippen molar-refractivity contribution in [3.63, 3.8) is 0 Å². The van der Waals surface area contributed by atoms with E-state index >= 15 is 0 Å². The van der Waals surface area contributed by atoms with Crippen LogP contribution in [0.15, 0.2) is 24.3 Å². The second kappa shape index (κ2) is 41.1. The first-order valence-corrected chi connectivity index (χ1v) is 24.3. The maximum atomic E-state index is 3.52. The summed E-state index contributed by atoms with van der Waals surface area (Å²) in [6.07, 6.45) is 50.1. The van der Waals surface area contributed by atoms with Gasteiger partial charge in [-0.1, -0.05) is 254 Å². The highest BCUT2D eigenvalue weighted by Crippen LogP contribution is 2.16. The Bertz CT molecular complexity index is 871. The zero-order valence-corrected chi connectivity index (χ0v) is 36.1. The predicted molar refractivity (Wildman–Crippen MR) is 234 cm³/mol. The molecule has 0 atom stereocenters. The molecule has 0 N–H and O–H groups in total. The summed E-state index contributed by atoms with van der Waals surface area (Å²) in [5, 5.41) is 2.35. The topological polar surface area (TPSA) is 0 Å². The van der Waals surface area contributed by atoms with Crippen molar-refractivity contribution in [3.05, 3.63) is 35.4 Å². The number of halogens is 2. The predicted octanol–water partition coefficient (Wildman–Crippen LogP) is 17.2. The monoisotopic (exact) mass is 814 g/mol. The molecule has 0 unspecified atom stereocenters. The van der Waals surface area contributed by atoms with Gasteiger partial charge in [0.2, 0.25) is 0 Å². The lowest BCUT2D eigenvalue weighted by atomic mass is 10.0. The molecule has 2 heteroatoms. The highest BCUT2D eigenvalue weighted by atomic mass is 79.9. The first-order valence-electron chi connectivity index (χ1n) is 22.1. The SMILES string of the molecule is BrCCCCCCCCCCCCCCCCCCCC#Cc1cccc(C#CCCCCCCCCCCCCCCCCCCCBr)c1. The van der Waals surface area contributed by atoms with E-state index in [0.717, 1.165) is 24.0 Å². The summed E-state index contributed by atoms with van der Waals surface area (Å²) in [5.41, 5.74) is 2.23. The van der Waals surface area contributed by atoms with Gasteiger partial charge in [0, 0.05) is 34.6 Å². The molecule has 1 aromatic rings. The molecule has 0 saturated heterocycles. The Morgan fingerprint density at radius 1 is 0.300 bits per heavy atom. The highest BCUT2D eigenvalue weighted by molar-refractivity contribution is 9.09. The van der Waals surface area contributed by atoms with E-state index in [2.05, 4.69) is 79.8 Å². The number of unbranched alkanes of at least 4 members (excludes halogenated alkanes) is 34. The van der Waals surface area contributed by atoms with Crippen LogP contribution in [0.4, 0.5) is 0 Å². The molecule has 0 bridgehead atoms. The number of hydrogen-bond donors (Lipinski definition) is 0. The molecule has 0 aliphatic heterocycles. The van der Waals surface area contributed by atoms with E-state index in [1.54, 1.807) is 0 Å². The van der Waals surface area contributed by atoms with Crippen molar-refractivity contribution in [2.75, 3.05) is 10.7 Å². The fraction of sp³-hybridized carbons (Fsp3) is 0.792. The lowest BCUT2D eigenvalue weighted by Crippen LogP contribution is -1.84. The van der Waals surface area contributed by atoms with Gasteiger partial charge in [-0.15, -0.1) is 0 Å². The van der Waals surface area contributed by atoms with Crippen LogP contribution in [0.3, 0.4) is 0 Å². The maximum absolute atomic E-state index is 3.52. The van der Waals surface area contributed by atoms with Crippen LogP contribution in [0.5, 0.6) is 0 Å². The zero-order chi connectivity index (χ0) is 35.7. The van der Waals surface area contributed by atoms with Crippen LogP contribution in [-0.2, 0) is 0 Å². The van der Waals surface area contributed by atoms with Crippen molar-refractivity contribution in [1.82, 2.24) is 0 Å². The highest BCUT2D eigenvalue weighted by Gasteiger charge is 1.97. The van der Waals surface area contributed by atoms with Gasteiger partial charge in [0.15, 0.2) is 0 Å². The Morgan fingerprint density at radius 3 is 0.760 bits per heavy atom. The third-order valence-corrected chi connectivity index (χ3v) is 11.3. The Hall–Kier alpha value is -0.700. The number of alkyl halides is 2. The summed E-state index contributed by atoms with van der Waals surface area (Å²) in [4.78, 5) is 0. The molecule has 50 heavy (non-hydrogen) atoms. The van der Waals surface area contributed by atoms with E-state index in [0.29, 0.717) is 0 Å². The van der Waals surface area contributed by atoms with Crippen LogP contribution in [0.1, 0.15) is 242 Å². The fourth-order valence-corrected chi connectivity index (χ4v) is 7.72. The number of hydrogen-bond acceptors (Lipinski definition) is 0. The van der Waals surface area contributed by atoms with Gasteiger partial charge >= 0.3 is 0 Å². The quantitative estimate of drug-likeness (QED) is 0.0360. The average Bonchev–Trinajstić information content (AvgIpc) is 3.13. The minimum absolute atomic E-state index is 1.02. The largest absolute Gasteiger partial charge is 0.0979 e. The summed E-state index contributed by atoms with van der Waals surface area (Å²) in [7, 11) is 0. The van der Waals surface area contributed by atoms with Crippen LogP contribution in [-0.4, -0.2) is 10.7 Å². The van der Waals surface area contributed by atoms with Gasteiger partial charge in [0.05, 0.1) is 0 Å². The van der Waals surface area contributed by atoms with Gasteiger partial charge in [0.25, 0.3) is 0 Å². The van der Waals surface area contributed by atoms with Crippen LogP contribution >= 0.6 is 31.9 Å². The Kier molecular flexibility index (Phi) is 38.9. The first-order chi connectivity index (χ1) is 24.9. The zero-order valence-electron chi connectivity index (χ0n) is 32.9. The maximum Gasteiger partial charge on any atom is 0.0257 e. The van der Waals surface area contributed by atoms with Gasteiger partial charge in [-0.2, -0.15) is 0 Å². The molecule has 1 aromatic carbocycles. The molecule has 0 aliphatic carbocycles. The fourth-order valence-electron chi connectivity index (χ4n) is 6.92. The van der Waals surface area contributed by atoms with Crippen molar-refractivity contribution in [2.24, 2.45) is 0 Å². The lowest BCUT2D eigenvalue weighted by molar-refractivity contribution is 0.528. The lowest BCUT2D eigenvalue weighted by Gasteiger charge is -2.03. The molecular formula is C48H80Br2. The third-order valence-electron chi connectivity index (χ3n) is 10.2. The number of rotatable bonds is 36. The van der Waals surface area contributed by atoms with Crippen LogP contribution in [0.2, 0.25) is 0 Å².